The van der Waals surface area contributed by atoms with E-state index in [1.807, 2.05) is 33.2 Å². The molecular formula is C27H35ClN4O4S2. The van der Waals surface area contributed by atoms with Gasteiger partial charge in [-0.05, 0) is 69.9 Å². The van der Waals surface area contributed by atoms with Gasteiger partial charge in [0.1, 0.15) is 11.3 Å². The maximum absolute atomic E-state index is 13.7. The summed E-state index contributed by atoms with van der Waals surface area (Å²) in [5.41, 5.74) is 2.16. The first kappa shape index (κ1) is 31.5. The molecular weight excluding hydrogens is 544 g/mol. The van der Waals surface area contributed by atoms with Crippen molar-refractivity contribution in [2.75, 3.05) is 52.3 Å². The number of nitrogens with zero attached hydrogens (tertiary/aromatic N) is 4. The van der Waals surface area contributed by atoms with E-state index in [-0.39, 0.29) is 36.3 Å². The lowest BCUT2D eigenvalue weighted by atomic mass is 10.2. The number of aromatic nitrogens is 1. The monoisotopic (exact) mass is 578 g/mol. The lowest BCUT2D eigenvalue weighted by molar-refractivity contribution is 0.0986. The third-order valence-electron chi connectivity index (χ3n) is 5.78. The maximum Gasteiger partial charge on any atom is 0.260 e. The van der Waals surface area contributed by atoms with Crippen molar-refractivity contribution in [3.05, 3.63) is 72.8 Å². The molecule has 1 amide bonds. The van der Waals surface area contributed by atoms with Gasteiger partial charge < -0.3 is 9.64 Å². The molecule has 0 fully saturated rings. The van der Waals surface area contributed by atoms with E-state index in [0.717, 1.165) is 28.7 Å². The van der Waals surface area contributed by atoms with Gasteiger partial charge in [0.05, 0.1) is 16.7 Å². The van der Waals surface area contributed by atoms with Crippen molar-refractivity contribution in [1.29, 1.82) is 0 Å². The number of thiazole rings is 1. The summed E-state index contributed by atoms with van der Waals surface area (Å²) in [6.07, 6.45) is 3.80. The molecule has 38 heavy (non-hydrogen) atoms. The molecule has 0 aliphatic rings. The molecule has 0 bridgehead atoms. The largest absolute Gasteiger partial charge is 0.494 e. The molecule has 1 aromatic heterocycles. The Balaban J connectivity index is 0.00000507. The summed E-state index contributed by atoms with van der Waals surface area (Å²) >= 11 is 1.44. The Morgan fingerprint density at radius 3 is 2.24 bits per heavy atom. The highest BCUT2D eigenvalue weighted by Gasteiger charge is 2.25. The minimum Gasteiger partial charge on any atom is -0.494 e. The van der Waals surface area contributed by atoms with Crippen LogP contribution >= 0.6 is 23.7 Å². The lowest BCUT2D eigenvalue weighted by Gasteiger charge is -2.22. The van der Waals surface area contributed by atoms with E-state index in [1.165, 1.54) is 39.9 Å². The Labute approximate surface area is 235 Å². The van der Waals surface area contributed by atoms with Crippen LogP contribution < -0.4 is 9.64 Å². The fourth-order valence-corrected chi connectivity index (χ4v) is 6.30. The van der Waals surface area contributed by atoms with Crippen LogP contribution in [0.4, 0.5) is 5.13 Å². The molecule has 2 aromatic carbocycles. The molecule has 0 unspecified atom stereocenters. The number of anilines is 1. The molecule has 1 heterocycles. The first-order valence-corrected chi connectivity index (χ1v) is 14.1. The normalized spacial score (nSPS) is 11.4. The van der Waals surface area contributed by atoms with Gasteiger partial charge in [-0.15, -0.1) is 25.6 Å². The minimum atomic E-state index is -3.76. The number of sulfonamides is 1. The summed E-state index contributed by atoms with van der Waals surface area (Å²) in [6, 6.07) is 9.88. The van der Waals surface area contributed by atoms with Crippen LogP contribution in [-0.4, -0.2) is 75.9 Å². The molecule has 206 valence electrons. The van der Waals surface area contributed by atoms with Crippen LogP contribution in [0, 0.1) is 6.92 Å². The van der Waals surface area contributed by atoms with Gasteiger partial charge in [-0.25, -0.2) is 13.4 Å². The topological polar surface area (TPSA) is 83.1 Å². The Hall–Kier alpha value is -2.76. The van der Waals surface area contributed by atoms with Crippen molar-refractivity contribution < 1.29 is 17.9 Å². The molecule has 0 radical (unpaired) electrons. The number of amides is 1. The fourth-order valence-electron chi connectivity index (χ4n) is 3.84. The number of carbonyl (C=O) groups excluding carboxylic acids is 1. The van der Waals surface area contributed by atoms with E-state index in [2.05, 4.69) is 18.1 Å². The average molecular weight is 579 g/mol. The molecule has 0 aliphatic carbocycles. The zero-order valence-electron chi connectivity index (χ0n) is 22.2. The second-order valence-corrected chi connectivity index (χ2v) is 11.7. The Morgan fingerprint density at radius 1 is 1.05 bits per heavy atom. The second-order valence-electron chi connectivity index (χ2n) is 8.80. The predicted molar refractivity (Wildman–Crippen MR) is 159 cm³/mol. The first-order valence-electron chi connectivity index (χ1n) is 11.9. The van der Waals surface area contributed by atoms with Crippen molar-refractivity contribution in [2.24, 2.45) is 0 Å². The van der Waals surface area contributed by atoms with Crippen LogP contribution in [0.2, 0.25) is 0 Å². The minimum absolute atomic E-state index is 0. The number of hydrogen-bond donors (Lipinski definition) is 0. The van der Waals surface area contributed by atoms with Gasteiger partial charge in [-0.1, -0.05) is 29.6 Å². The van der Waals surface area contributed by atoms with Crippen LogP contribution in [0.5, 0.6) is 5.75 Å². The SMILES string of the molecule is C=CCN(CC=C)S(=O)(=O)c1ccc(C(=O)N(CCCN(C)C)c2nc3c(OC)ccc(C)c3s2)cc1.Cl. The highest BCUT2D eigenvalue weighted by Crippen LogP contribution is 2.37. The molecule has 3 aromatic rings. The van der Waals surface area contributed by atoms with Crippen molar-refractivity contribution in [3.8, 4) is 5.75 Å². The number of fused-ring (bicyclic) bond motifs is 1. The van der Waals surface area contributed by atoms with Crippen LogP contribution in [0.25, 0.3) is 10.2 Å². The van der Waals surface area contributed by atoms with E-state index in [0.29, 0.717) is 23.0 Å². The van der Waals surface area contributed by atoms with E-state index in [9.17, 15) is 13.2 Å². The van der Waals surface area contributed by atoms with Gasteiger partial charge in [0, 0.05) is 25.2 Å². The zero-order valence-corrected chi connectivity index (χ0v) is 24.7. The molecule has 0 saturated carbocycles. The Bertz CT molecular complexity index is 1360. The average Bonchev–Trinajstić information content (AvgIpc) is 3.32. The number of ether oxygens (including phenoxy) is 1. The van der Waals surface area contributed by atoms with E-state index in [4.69, 9.17) is 9.72 Å². The third-order valence-corrected chi connectivity index (χ3v) is 8.84. The molecule has 0 saturated heterocycles. The summed E-state index contributed by atoms with van der Waals surface area (Å²) in [4.78, 5) is 22.3. The molecule has 0 aliphatic heterocycles. The van der Waals surface area contributed by atoms with Crippen LogP contribution in [-0.2, 0) is 10.0 Å². The predicted octanol–water partition coefficient (Wildman–Crippen LogP) is 5.00. The van der Waals surface area contributed by atoms with E-state index < -0.39 is 10.0 Å². The number of aryl methyl sites for hydroxylation is 1. The number of benzene rings is 2. The summed E-state index contributed by atoms with van der Waals surface area (Å²) in [6.45, 7) is 10.9. The Morgan fingerprint density at radius 2 is 1.68 bits per heavy atom. The quantitative estimate of drug-likeness (QED) is 0.266. The zero-order chi connectivity index (χ0) is 27.2. The summed E-state index contributed by atoms with van der Waals surface area (Å²) < 4.78 is 33.8. The summed E-state index contributed by atoms with van der Waals surface area (Å²) in [7, 11) is 1.81. The number of hydrogen-bond acceptors (Lipinski definition) is 7. The van der Waals surface area contributed by atoms with Crippen molar-refractivity contribution in [1.82, 2.24) is 14.2 Å². The van der Waals surface area contributed by atoms with Gasteiger partial charge in [-0.3, -0.25) is 9.69 Å². The molecule has 0 N–H and O–H groups in total. The molecule has 0 spiro atoms. The van der Waals surface area contributed by atoms with Crippen LogP contribution in [0.15, 0.2) is 66.6 Å². The highest BCUT2D eigenvalue weighted by molar-refractivity contribution is 7.89. The number of rotatable bonds is 13. The highest BCUT2D eigenvalue weighted by atomic mass is 35.5. The molecule has 0 atom stereocenters. The molecule has 8 nitrogen and oxygen atoms in total. The molecule has 11 heteroatoms. The third kappa shape index (κ3) is 7.00. The van der Waals surface area contributed by atoms with Crippen LogP contribution in [0.1, 0.15) is 22.3 Å². The summed E-state index contributed by atoms with van der Waals surface area (Å²) in [5.74, 6) is 0.411. The standard InChI is InChI=1S/C27H34N4O4S2.ClH/c1-7-16-30(17-8-2)37(33,34)22-13-11-21(12-14-22)26(32)31(19-9-18-29(4)5)27-28-24-23(35-6)15-10-20(3)25(24)36-27;/h7-8,10-15H,1-2,9,16-19H2,3-6H3;1H. The second kappa shape index (κ2) is 13.9. The van der Waals surface area contributed by atoms with Crippen molar-refractivity contribution in [3.63, 3.8) is 0 Å². The smallest absolute Gasteiger partial charge is 0.260 e. The lowest BCUT2D eigenvalue weighted by Crippen LogP contribution is -2.33. The van der Waals surface area contributed by atoms with Gasteiger partial charge in [-0.2, -0.15) is 4.31 Å². The number of carbonyl (C=O) groups is 1. The van der Waals surface area contributed by atoms with Gasteiger partial charge in [0.15, 0.2) is 5.13 Å². The first-order chi connectivity index (χ1) is 17.6. The van der Waals surface area contributed by atoms with E-state index >= 15 is 0 Å². The van der Waals surface area contributed by atoms with Gasteiger partial charge in [0.2, 0.25) is 10.0 Å². The van der Waals surface area contributed by atoms with Crippen molar-refractivity contribution >= 4 is 55.0 Å². The summed E-state index contributed by atoms with van der Waals surface area (Å²) in [5, 5.41) is 0.575. The van der Waals surface area contributed by atoms with Gasteiger partial charge >= 0.3 is 0 Å². The Kier molecular flexibility index (Phi) is 11.5. The van der Waals surface area contributed by atoms with Gasteiger partial charge in [0.25, 0.3) is 5.91 Å². The van der Waals surface area contributed by atoms with Crippen LogP contribution in [0.3, 0.4) is 0 Å². The van der Waals surface area contributed by atoms with E-state index in [1.54, 1.807) is 24.1 Å². The maximum atomic E-state index is 13.7. The number of halogens is 1. The number of methoxy groups -OCH3 is 1. The molecule has 3 rings (SSSR count). The fraction of sp³-hybridized carbons (Fsp3) is 0.333. The van der Waals surface area contributed by atoms with Crippen molar-refractivity contribution in [2.45, 2.75) is 18.2 Å².